The molecular formula is C29H40F3N5O. The molecular weight excluding hydrogens is 491 g/mol. The molecule has 1 amide bonds. The Labute approximate surface area is 224 Å². The minimum atomic E-state index is -4.57. The van der Waals surface area contributed by atoms with Gasteiger partial charge >= 0.3 is 6.18 Å². The molecule has 2 aliphatic heterocycles. The number of hydrogen-bond acceptors (Lipinski definition) is 5. The lowest BCUT2D eigenvalue weighted by atomic mass is 9.94. The van der Waals surface area contributed by atoms with Crippen LogP contribution in [0.2, 0.25) is 0 Å². The van der Waals surface area contributed by atoms with Gasteiger partial charge in [-0.05, 0) is 38.5 Å². The van der Waals surface area contributed by atoms with Crippen LogP contribution in [-0.4, -0.2) is 50.0 Å². The molecule has 0 aromatic carbocycles. The fourth-order valence-corrected chi connectivity index (χ4v) is 3.63. The highest BCUT2D eigenvalue weighted by molar-refractivity contribution is 5.77. The maximum atomic E-state index is 14.1. The van der Waals surface area contributed by atoms with E-state index in [0.717, 1.165) is 11.6 Å². The van der Waals surface area contributed by atoms with Crippen molar-refractivity contribution in [2.24, 2.45) is 28.0 Å². The van der Waals surface area contributed by atoms with E-state index < -0.39 is 17.8 Å². The Morgan fingerprint density at radius 3 is 2.55 bits per heavy atom. The molecule has 0 bridgehead atoms. The zero-order chi connectivity index (χ0) is 28.7. The minimum absolute atomic E-state index is 0.0520. The quantitative estimate of drug-likeness (QED) is 0.280. The molecule has 6 nitrogen and oxygen atoms in total. The smallest absolute Gasteiger partial charge is 0.356 e. The molecule has 0 aliphatic carbocycles. The maximum Gasteiger partial charge on any atom is 0.416 e. The molecule has 0 aromatic rings. The molecule has 0 fully saturated rings. The molecule has 2 rings (SSSR count). The topological polar surface area (TPSA) is 91.5 Å². The zero-order valence-electron chi connectivity index (χ0n) is 23.1. The Bertz CT molecular complexity index is 1110. The van der Waals surface area contributed by atoms with Gasteiger partial charge in [-0.15, -0.1) is 0 Å². The van der Waals surface area contributed by atoms with Crippen LogP contribution >= 0.6 is 0 Å². The summed E-state index contributed by atoms with van der Waals surface area (Å²) < 4.78 is 42.3. The number of dihydropyridines is 1. The van der Waals surface area contributed by atoms with E-state index in [1.807, 2.05) is 27.7 Å². The van der Waals surface area contributed by atoms with Crippen LogP contribution in [0.4, 0.5) is 13.2 Å². The Kier molecular flexibility index (Phi) is 10.7. The van der Waals surface area contributed by atoms with Crippen LogP contribution in [0.3, 0.4) is 0 Å². The summed E-state index contributed by atoms with van der Waals surface area (Å²) in [6.45, 7) is 15.8. The lowest BCUT2D eigenvalue weighted by Crippen LogP contribution is -2.41. The summed E-state index contributed by atoms with van der Waals surface area (Å²) in [5.74, 6) is 5.64. The van der Waals surface area contributed by atoms with Gasteiger partial charge in [-0.2, -0.15) is 13.2 Å². The average molecular weight is 532 g/mol. The molecule has 2 unspecified atom stereocenters. The van der Waals surface area contributed by atoms with Crippen molar-refractivity contribution in [1.29, 1.82) is 0 Å². The number of carbonyl (C=O) groups excluding carboxylic acids is 1. The van der Waals surface area contributed by atoms with Crippen molar-refractivity contribution in [2.45, 2.75) is 59.8 Å². The van der Waals surface area contributed by atoms with Crippen LogP contribution < -0.4 is 21.7 Å². The van der Waals surface area contributed by atoms with Crippen molar-refractivity contribution < 1.29 is 18.0 Å². The van der Waals surface area contributed by atoms with Crippen LogP contribution in [0.1, 0.15) is 41.5 Å². The predicted molar refractivity (Wildman–Crippen MR) is 148 cm³/mol. The van der Waals surface area contributed by atoms with Crippen LogP contribution in [0.25, 0.3) is 0 Å². The van der Waals surface area contributed by atoms with E-state index >= 15 is 0 Å². The molecule has 208 valence electrons. The SMILES string of the molecule is C=C1C=C([C@H](C)/C=N\C(C#CC(C)(C)C)CN)C=C(C2=C(C(F)(F)F)C=CC(CNC(=O)C(C)C)NC2)N1. The second-order valence-corrected chi connectivity index (χ2v) is 10.8. The highest BCUT2D eigenvalue weighted by Crippen LogP contribution is 2.34. The molecule has 3 atom stereocenters. The van der Waals surface area contributed by atoms with E-state index in [-0.39, 0.29) is 54.4 Å². The number of halogens is 3. The Morgan fingerprint density at radius 1 is 1.29 bits per heavy atom. The van der Waals surface area contributed by atoms with E-state index in [4.69, 9.17) is 5.73 Å². The van der Waals surface area contributed by atoms with Crippen LogP contribution in [-0.2, 0) is 4.79 Å². The van der Waals surface area contributed by atoms with Crippen molar-refractivity contribution in [3.63, 3.8) is 0 Å². The lowest BCUT2D eigenvalue weighted by molar-refractivity contribution is -0.124. The highest BCUT2D eigenvalue weighted by Gasteiger charge is 2.37. The van der Waals surface area contributed by atoms with Gasteiger partial charge in [0, 0.05) is 66.1 Å². The number of allylic oxidation sites excluding steroid dienone is 5. The van der Waals surface area contributed by atoms with E-state index in [1.165, 1.54) is 6.08 Å². The molecule has 0 saturated heterocycles. The summed E-state index contributed by atoms with van der Waals surface area (Å²) >= 11 is 0. The number of hydrogen-bond donors (Lipinski definition) is 4. The minimum Gasteiger partial charge on any atom is -0.356 e. The molecule has 0 saturated carbocycles. The maximum absolute atomic E-state index is 14.1. The van der Waals surface area contributed by atoms with Gasteiger partial charge in [-0.1, -0.05) is 51.3 Å². The third-order valence-electron chi connectivity index (χ3n) is 5.81. The lowest BCUT2D eigenvalue weighted by Gasteiger charge is -2.24. The first-order chi connectivity index (χ1) is 17.6. The fraction of sp³-hybridized carbons (Fsp3) is 0.517. The largest absolute Gasteiger partial charge is 0.416 e. The van der Waals surface area contributed by atoms with Crippen molar-refractivity contribution in [1.82, 2.24) is 16.0 Å². The molecule has 38 heavy (non-hydrogen) atoms. The Morgan fingerprint density at radius 2 is 1.97 bits per heavy atom. The number of nitrogens with zero attached hydrogens (tertiary/aromatic N) is 1. The molecule has 0 spiro atoms. The normalized spacial score (nSPS) is 20.3. The molecule has 0 aromatic heterocycles. The predicted octanol–water partition coefficient (Wildman–Crippen LogP) is 4.16. The van der Waals surface area contributed by atoms with E-state index in [2.05, 4.69) is 39.4 Å². The zero-order valence-corrected chi connectivity index (χ0v) is 23.1. The Hall–Kier alpha value is -3.09. The van der Waals surface area contributed by atoms with Gasteiger partial charge in [0.2, 0.25) is 5.91 Å². The number of aliphatic imine (C=N–C) groups is 1. The summed E-state index contributed by atoms with van der Waals surface area (Å²) in [6, 6.07) is -0.821. The molecule has 0 radical (unpaired) electrons. The fourth-order valence-electron chi connectivity index (χ4n) is 3.63. The highest BCUT2D eigenvalue weighted by atomic mass is 19.4. The molecule has 9 heteroatoms. The summed E-state index contributed by atoms with van der Waals surface area (Å²) in [5.41, 5.74) is 6.51. The summed E-state index contributed by atoms with van der Waals surface area (Å²) in [5, 5.41) is 8.87. The van der Waals surface area contributed by atoms with Crippen molar-refractivity contribution in [3.05, 3.63) is 59.0 Å². The van der Waals surface area contributed by atoms with E-state index in [0.29, 0.717) is 11.4 Å². The second kappa shape index (κ2) is 13.1. The number of alkyl halides is 3. The third-order valence-corrected chi connectivity index (χ3v) is 5.81. The monoisotopic (exact) mass is 531 g/mol. The van der Waals surface area contributed by atoms with Crippen LogP contribution in [0.15, 0.2) is 64.0 Å². The van der Waals surface area contributed by atoms with Gasteiger partial charge in [0.05, 0.1) is 5.57 Å². The second-order valence-electron chi connectivity index (χ2n) is 10.8. The third kappa shape index (κ3) is 9.66. The van der Waals surface area contributed by atoms with E-state index in [1.54, 1.807) is 32.2 Å². The molecule has 5 N–H and O–H groups in total. The van der Waals surface area contributed by atoms with Crippen molar-refractivity contribution in [2.75, 3.05) is 19.6 Å². The van der Waals surface area contributed by atoms with Crippen LogP contribution in [0.5, 0.6) is 0 Å². The van der Waals surface area contributed by atoms with Gasteiger partial charge < -0.3 is 21.7 Å². The number of rotatable bonds is 8. The van der Waals surface area contributed by atoms with Gasteiger partial charge in [0.15, 0.2) is 0 Å². The van der Waals surface area contributed by atoms with Gasteiger partial charge in [-0.25, -0.2) is 0 Å². The standard InChI is InChI=1S/C29H40F3N5O/c1-18(2)27(38)36-16-23-8-9-25(29(30,31)32)24(17-35-23)26-13-21(12-20(4)37-26)19(3)15-34-22(14-33)10-11-28(5,6)7/h8-9,12-13,15,18-19,22-23,35,37H,4,14,16-17,33H2,1-3,5-7H3,(H,36,38)/b34-15-/t19-,22?,23?/m1/s1. The first-order valence-corrected chi connectivity index (χ1v) is 12.8. The van der Waals surface area contributed by atoms with Crippen molar-refractivity contribution >= 4 is 12.1 Å². The first-order valence-electron chi connectivity index (χ1n) is 12.8. The first kappa shape index (κ1) is 31.1. The number of nitrogens with one attached hydrogen (secondary N) is 3. The number of amides is 1. The van der Waals surface area contributed by atoms with Crippen molar-refractivity contribution in [3.8, 4) is 11.8 Å². The molecule has 2 aliphatic rings. The molecule has 2 heterocycles. The summed E-state index contributed by atoms with van der Waals surface area (Å²) in [4.78, 5) is 16.4. The van der Waals surface area contributed by atoms with E-state index in [9.17, 15) is 18.0 Å². The summed E-state index contributed by atoms with van der Waals surface area (Å²) in [6.07, 6.45) is 3.16. The number of nitrogens with two attached hydrogens (primary N) is 1. The van der Waals surface area contributed by atoms with Gasteiger partial charge in [0.1, 0.15) is 6.04 Å². The Balaban J connectivity index is 2.30. The number of carbonyl (C=O) groups is 1. The van der Waals surface area contributed by atoms with Gasteiger partial charge in [0.25, 0.3) is 0 Å². The van der Waals surface area contributed by atoms with Gasteiger partial charge in [-0.3, -0.25) is 9.79 Å². The van der Waals surface area contributed by atoms with Crippen LogP contribution in [0, 0.1) is 29.1 Å². The summed E-state index contributed by atoms with van der Waals surface area (Å²) in [7, 11) is 0. The average Bonchev–Trinajstić information content (AvgIpc) is 3.04.